The molecule has 1 heterocycles. The second kappa shape index (κ2) is 4.08. The summed E-state index contributed by atoms with van der Waals surface area (Å²) >= 11 is 0. The first-order valence-electron chi connectivity index (χ1n) is 4.77. The van der Waals surface area contributed by atoms with Crippen molar-refractivity contribution in [1.82, 2.24) is 14.8 Å². The summed E-state index contributed by atoms with van der Waals surface area (Å²) in [4.78, 5) is 0. The Balaban J connectivity index is 2.27. The van der Waals surface area contributed by atoms with Crippen LogP contribution in [0.5, 0.6) is 0 Å². The molecule has 0 aliphatic rings. The lowest BCUT2D eigenvalue weighted by Crippen LogP contribution is -2.13. The monoisotopic (exact) mass is 242 g/mol. The van der Waals surface area contributed by atoms with Gasteiger partial charge in [0.15, 0.2) is 0 Å². The van der Waals surface area contributed by atoms with Crippen LogP contribution in [-0.4, -0.2) is 14.8 Å². The van der Waals surface area contributed by atoms with Crippen LogP contribution in [0.4, 0.5) is 24.8 Å². The maximum Gasteiger partial charge on any atom is 0.451 e. The molecule has 1 aromatic carbocycles. The number of hydrogen-bond acceptors (Lipinski definition) is 3. The largest absolute Gasteiger partial charge is 0.451 e. The summed E-state index contributed by atoms with van der Waals surface area (Å²) in [7, 11) is 1.26. The Kier molecular flexibility index (Phi) is 2.74. The third-order valence-electron chi connectivity index (χ3n) is 2.16. The third kappa shape index (κ3) is 2.38. The second-order valence-electron chi connectivity index (χ2n) is 3.40. The van der Waals surface area contributed by atoms with E-state index < -0.39 is 12.0 Å². The summed E-state index contributed by atoms with van der Waals surface area (Å²) in [6.45, 7) is 0. The van der Waals surface area contributed by atoms with Crippen LogP contribution in [-0.2, 0) is 13.2 Å². The number of para-hydroxylation sites is 1. The summed E-state index contributed by atoms with van der Waals surface area (Å²) in [6.07, 6.45) is -4.50. The van der Waals surface area contributed by atoms with E-state index in [1.165, 1.54) is 7.05 Å². The highest BCUT2D eigenvalue weighted by Gasteiger charge is 2.37. The molecule has 0 radical (unpaired) electrons. The summed E-state index contributed by atoms with van der Waals surface area (Å²) in [6, 6.07) is 8.79. The number of halogens is 3. The van der Waals surface area contributed by atoms with Crippen LogP contribution in [0.2, 0.25) is 0 Å². The van der Waals surface area contributed by atoms with Crippen LogP contribution in [0.3, 0.4) is 0 Å². The van der Waals surface area contributed by atoms with E-state index in [2.05, 4.69) is 15.5 Å². The number of anilines is 2. The molecule has 2 aromatic rings. The van der Waals surface area contributed by atoms with Crippen molar-refractivity contribution in [1.29, 1.82) is 0 Å². The Morgan fingerprint density at radius 1 is 1.12 bits per heavy atom. The van der Waals surface area contributed by atoms with Crippen molar-refractivity contribution in [3.63, 3.8) is 0 Å². The molecular formula is C10H9F3N4. The van der Waals surface area contributed by atoms with Gasteiger partial charge in [0.05, 0.1) is 0 Å². The maximum atomic E-state index is 12.4. The van der Waals surface area contributed by atoms with Crippen molar-refractivity contribution in [2.75, 3.05) is 5.32 Å². The minimum atomic E-state index is -4.50. The molecule has 7 heteroatoms. The van der Waals surface area contributed by atoms with Crippen LogP contribution in [0.1, 0.15) is 5.82 Å². The van der Waals surface area contributed by atoms with Crippen molar-refractivity contribution >= 4 is 11.6 Å². The Bertz CT molecular complexity index is 504. The van der Waals surface area contributed by atoms with Crippen LogP contribution in [0.15, 0.2) is 30.3 Å². The lowest BCUT2D eigenvalue weighted by Gasteiger charge is -2.07. The van der Waals surface area contributed by atoms with E-state index in [1.807, 2.05) is 6.07 Å². The van der Waals surface area contributed by atoms with Gasteiger partial charge in [0.25, 0.3) is 0 Å². The molecule has 0 fully saturated rings. The van der Waals surface area contributed by atoms with Gasteiger partial charge >= 0.3 is 6.18 Å². The molecule has 0 unspecified atom stereocenters. The van der Waals surface area contributed by atoms with Crippen LogP contribution >= 0.6 is 0 Å². The van der Waals surface area contributed by atoms with Gasteiger partial charge in [0.2, 0.25) is 11.8 Å². The van der Waals surface area contributed by atoms with Gasteiger partial charge in [-0.15, -0.1) is 10.2 Å². The van der Waals surface area contributed by atoms with Gasteiger partial charge in [-0.1, -0.05) is 18.2 Å². The SMILES string of the molecule is Cn1c(Nc2ccccc2)nnc1C(F)(F)F. The molecule has 0 aliphatic heterocycles. The predicted octanol–water partition coefficient (Wildman–Crippen LogP) is 2.58. The fraction of sp³-hybridized carbons (Fsp3) is 0.200. The highest BCUT2D eigenvalue weighted by atomic mass is 19.4. The minimum Gasteiger partial charge on any atom is -0.324 e. The fourth-order valence-corrected chi connectivity index (χ4v) is 1.34. The van der Waals surface area contributed by atoms with E-state index in [9.17, 15) is 13.2 Å². The average molecular weight is 242 g/mol. The van der Waals surface area contributed by atoms with Crippen molar-refractivity contribution in [2.24, 2.45) is 7.05 Å². The van der Waals surface area contributed by atoms with E-state index in [4.69, 9.17) is 0 Å². The molecule has 0 atom stereocenters. The summed E-state index contributed by atoms with van der Waals surface area (Å²) < 4.78 is 38.2. The average Bonchev–Trinajstić information content (AvgIpc) is 2.61. The van der Waals surface area contributed by atoms with Gasteiger partial charge in [-0.25, -0.2) is 0 Å². The van der Waals surface area contributed by atoms with Crippen LogP contribution in [0, 0.1) is 0 Å². The van der Waals surface area contributed by atoms with Gasteiger partial charge in [-0.05, 0) is 12.1 Å². The zero-order valence-electron chi connectivity index (χ0n) is 8.86. The lowest BCUT2D eigenvalue weighted by atomic mass is 10.3. The molecule has 0 aliphatic carbocycles. The molecule has 0 spiro atoms. The Morgan fingerprint density at radius 2 is 1.76 bits per heavy atom. The molecule has 90 valence electrons. The van der Waals surface area contributed by atoms with Crippen molar-refractivity contribution in [2.45, 2.75) is 6.18 Å². The second-order valence-corrected chi connectivity index (χ2v) is 3.40. The molecule has 0 bridgehead atoms. The number of benzene rings is 1. The van der Waals surface area contributed by atoms with Gasteiger partial charge < -0.3 is 5.32 Å². The zero-order chi connectivity index (χ0) is 12.5. The molecule has 1 aromatic heterocycles. The molecule has 0 saturated heterocycles. The molecular weight excluding hydrogens is 233 g/mol. The van der Waals surface area contributed by atoms with Crippen molar-refractivity contribution in [3.05, 3.63) is 36.2 Å². The van der Waals surface area contributed by atoms with E-state index >= 15 is 0 Å². The Morgan fingerprint density at radius 3 is 2.29 bits per heavy atom. The van der Waals surface area contributed by atoms with Crippen LogP contribution in [0.25, 0.3) is 0 Å². The topological polar surface area (TPSA) is 42.7 Å². The number of rotatable bonds is 2. The van der Waals surface area contributed by atoms with Gasteiger partial charge in [-0.3, -0.25) is 4.57 Å². The quantitative estimate of drug-likeness (QED) is 0.880. The third-order valence-corrected chi connectivity index (χ3v) is 2.16. The molecule has 0 saturated carbocycles. The molecule has 1 N–H and O–H groups in total. The standard InChI is InChI=1S/C10H9F3N4/c1-17-8(10(11,12)13)15-16-9(17)14-7-5-3-2-4-6-7/h2-6H,1H3,(H,14,16). The molecule has 0 amide bonds. The van der Waals surface area contributed by atoms with Crippen LogP contribution < -0.4 is 5.32 Å². The van der Waals surface area contributed by atoms with Gasteiger partial charge in [0.1, 0.15) is 0 Å². The first kappa shape index (κ1) is 11.4. The Labute approximate surface area is 95.1 Å². The molecule has 4 nitrogen and oxygen atoms in total. The predicted molar refractivity (Wildman–Crippen MR) is 55.7 cm³/mol. The number of nitrogens with zero attached hydrogens (tertiary/aromatic N) is 3. The maximum absolute atomic E-state index is 12.4. The van der Waals surface area contributed by atoms with Crippen molar-refractivity contribution < 1.29 is 13.2 Å². The highest BCUT2D eigenvalue weighted by Crippen LogP contribution is 2.28. The lowest BCUT2D eigenvalue weighted by molar-refractivity contribution is -0.146. The normalized spacial score (nSPS) is 11.5. The zero-order valence-corrected chi connectivity index (χ0v) is 8.86. The van der Waals surface area contributed by atoms with E-state index in [1.54, 1.807) is 24.3 Å². The number of aromatic nitrogens is 3. The number of hydrogen-bond donors (Lipinski definition) is 1. The van der Waals surface area contributed by atoms with E-state index in [0.717, 1.165) is 4.57 Å². The highest BCUT2D eigenvalue weighted by molar-refractivity contribution is 5.52. The summed E-state index contributed by atoms with van der Waals surface area (Å²) in [5.74, 6) is -0.987. The molecule has 17 heavy (non-hydrogen) atoms. The van der Waals surface area contributed by atoms with E-state index in [-0.39, 0.29) is 5.95 Å². The minimum absolute atomic E-state index is 0.0449. The fourth-order valence-electron chi connectivity index (χ4n) is 1.34. The summed E-state index contributed by atoms with van der Waals surface area (Å²) in [5.41, 5.74) is 0.650. The first-order chi connectivity index (χ1) is 7.98. The number of alkyl halides is 3. The van der Waals surface area contributed by atoms with Gasteiger partial charge in [0, 0.05) is 12.7 Å². The Hall–Kier alpha value is -2.05. The first-order valence-corrected chi connectivity index (χ1v) is 4.77. The number of nitrogens with one attached hydrogen (secondary N) is 1. The van der Waals surface area contributed by atoms with Crippen molar-refractivity contribution in [3.8, 4) is 0 Å². The smallest absolute Gasteiger partial charge is 0.324 e. The summed E-state index contributed by atoms with van der Waals surface area (Å²) in [5, 5.41) is 9.32. The van der Waals surface area contributed by atoms with Gasteiger partial charge in [-0.2, -0.15) is 13.2 Å². The molecule has 2 rings (SSSR count). The van der Waals surface area contributed by atoms with E-state index in [0.29, 0.717) is 5.69 Å².